The van der Waals surface area contributed by atoms with E-state index < -0.39 is 91.5 Å². The lowest BCUT2D eigenvalue weighted by Gasteiger charge is -2.21. The summed E-state index contributed by atoms with van der Waals surface area (Å²) in [6.07, 6.45) is 58.4. The largest absolute Gasteiger partial charge is 0.472 e. The van der Waals surface area contributed by atoms with Crippen LogP contribution in [0.4, 0.5) is 0 Å². The van der Waals surface area contributed by atoms with E-state index in [2.05, 4.69) is 81.5 Å². The van der Waals surface area contributed by atoms with E-state index in [1.165, 1.54) is 83.5 Å². The number of carbonyl (C=O) groups excluding carboxylic acids is 3. The van der Waals surface area contributed by atoms with Gasteiger partial charge >= 0.3 is 33.6 Å². The van der Waals surface area contributed by atoms with Crippen LogP contribution in [-0.4, -0.2) is 95.9 Å². The topological polar surface area (TPSA) is 231 Å². The van der Waals surface area contributed by atoms with Crippen LogP contribution in [0.1, 0.15) is 278 Å². The lowest BCUT2D eigenvalue weighted by atomic mass is 10.0. The Morgan fingerprint density at radius 2 is 0.639 bits per heavy atom. The number of aliphatic hydroxyl groups is 2. The zero-order chi connectivity index (χ0) is 61.0. The number of rotatable bonds is 62. The molecule has 0 saturated carbocycles. The molecule has 0 radical (unpaired) electrons. The van der Waals surface area contributed by atoms with Gasteiger partial charge in [-0.05, 0) is 83.5 Å². The smallest absolute Gasteiger partial charge is 0.463 e. The number of allylic oxidation sites excluding steroid dienone is 10. The van der Waals surface area contributed by atoms with Crippen LogP contribution in [0.25, 0.3) is 0 Å². The first-order valence-corrected chi connectivity index (χ1v) is 35.6. The van der Waals surface area contributed by atoms with Gasteiger partial charge in [-0.15, -0.1) is 0 Å². The van der Waals surface area contributed by atoms with Crippen LogP contribution in [0.3, 0.4) is 0 Å². The van der Waals surface area contributed by atoms with Crippen LogP contribution in [0.5, 0.6) is 0 Å². The first kappa shape index (κ1) is 80.2. The Morgan fingerprint density at radius 3 is 1.04 bits per heavy atom. The number of hydrogen-bond donors (Lipinski definition) is 4. The second kappa shape index (κ2) is 59.6. The lowest BCUT2D eigenvalue weighted by Crippen LogP contribution is -2.30. The van der Waals surface area contributed by atoms with Crippen LogP contribution >= 0.6 is 15.6 Å². The Bertz CT molecular complexity index is 1770. The van der Waals surface area contributed by atoms with Gasteiger partial charge in [0.1, 0.15) is 25.4 Å². The molecule has 0 aliphatic carbocycles. The highest BCUT2D eigenvalue weighted by molar-refractivity contribution is 7.47. The SMILES string of the molecule is CC/C=C\C/C=C\C/C=C\CCCCCCCCCC(=O)OCC(O)COP(=O)(O)OCC(O)COP(=O)(O)OCC(COC(=O)CCCCCCC/C=C\C/C=C\CCCCC)OC(=O)CCCCCCCCCCCCCCCCC. The molecule has 0 saturated heterocycles. The minimum absolute atomic E-state index is 0.107. The van der Waals surface area contributed by atoms with E-state index in [-0.39, 0.29) is 19.3 Å². The summed E-state index contributed by atoms with van der Waals surface area (Å²) in [6, 6.07) is 0. The molecule has 0 aromatic heterocycles. The molecule has 83 heavy (non-hydrogen) atoms. The average Bonchev–Trinajstić information content (AvgIpc) is 3.47. The maximum absolute atomic E-state index is 12.9. The monoisotopic (exact) mass is 1220 g/mol. The van der Waals surface area contributed by atoms with Crippen LogP contribution in [0.15, 0.2) is 60.8 Å². The normalized spacial score (nSPS) is 14.7. The fourth-order valence-electron chi connectivity index (χ4n) is 8.73. The molecule has 0 aromatic carbocycles. The molecule has 5 unspecified atom stereocenters. The fraction of sp³-hybridized carbons (Fsp3) is 0.800. The standard InChI is InChI=1S/C65H118O16P2/c1-4-7-10-13-16-19-22-25-28-29-32-34-36-39-42-45-48-51-63(68)75-54-60(66)55-77-82(71,72)78-56-61(67)57-79-83(73,74)80-59-62(81-65(70)53-50-47-44-41-38-35-31-27-24-21-18-15-12-9-6-3)58-76-64(69)52-49-46-43-40-37-33-30-26-23-20-17-14-11-8-5-2/h7,10,16-17,19-20,25-26,28,30,60-62,66-67H,4-6,8-9,11-15,18,21-24,27,29,31-59H2,1-3H3,(H,71,72)(H,73,74)/b10-7-,19-16-,20-17-,28-25-,30-26-. The third-order valence-electron chi connectivity index (χ3n) is 13.7. The molecule has 0 rings (SSSR count). The molecular weight excluding hydrogens is 1100 g/mol. The number of hydrogen-bond acceptors (Lipinski definition) is 14. The van der Waals surface area contributed by atoms with E-state index >= 15 is 0 Å². The molecule has 484 valence electrons. The van der Waals surface area contributed by atoms with Gasteiger partial charge in [-0.3, -0.25) is 32.5 Å². The summed E-state index contributed by atoms with van der Waals surface area (Å²) < 4.78 is 60.8. The van der Waals surface area contributed by atoms with Crippen molar-refractivity contribution < 1.29 is 75.8 Å². The minimum Gasteiger partial charge on any atom is -0.463 e. The minimum atomic E-state index is -4.92. The first-order chi connectivity index (χ1) is 40.2. The van der Waals surface area contributed by atoms with Gasteiger partial charge in [0.15, 0.2) is 6.10 Å². The van der Waals surface area contributed by atoms with Crippen molar-refractivity contribution in [1.82, 2.24) is 0 Å². The Balaban J connectivity index is 4.68. The highest BCUT2D eigenvalue weighted by Gasteiger charge is 2.29. The molecule has 18 heteroatoms. The zero-order valence-corrected chi connectivity index (χ0v) is 53.9. The van der Waals surface area contributed by atoms with Gasteiger partial charge < -0.3 is 34.2 Å². The second-order valence-corrected chi connectivity index (χ2v) is 24.8. The van der Waals surface area contributed by atoms with E-state index in [0.29, 0.717) is 19.3 Å². The third-order valence-corrected chi connectivity index (χ3v) is 15.6. The van der Waals surface area contributed by atoms with E-state index in [1.807, 2.05) is 0 Å². The zero-order valence-electron chi connectivity index (χ0n) is 52.1. The molecule has 5 atom stereocenters. The Kier molecular flexibility index (Phi) is 57.6. The molecular formula is C65H118O16P2. The average molecular weight is 1220 g/mol. The molecule has 0 amide bonds. The maximum atomic E-state index is 12.9. The molecule has 16 nitrogen and oxygen atoms in total. The quantitative estimate of drug-likeness (QED) is 0.0146. The summed E-state index contributed by atoms with van der Waals surface area (Å²) in [6.45, 7) is 2.53. The van der Waals surface area contributed by atoms with Gasteiger partial charge in [-0.1, -0.05) is 236 Å². The summed E-state index contributed by atoms with van der Waals surface area (Å²) in [5.41, 5.74) is 0. The van der Waals surface area contributed by atoms with Crippen molar-refractivity contribution in [2.24, 2.45) is 0 Å². The van der Waals surface area contributed by atoms with Gasteiger partial charge in [0.2, 0.25) is 0 Å². The summed E-state index contributed by atoms with van der Waals surface area (Å²) in [7, 11) is -9.76. The number of aliphatic hydroxyl groups excluding tert-OH is 2. The van der Waals surface area contributed by atoms with Crippen LogP contribution in [0.2, 0.25) is 0 Å². The van der Waals surface area contributed by atoms with Crippen molar-refractivity contribution >= 4 is 33.6 Å². The van der Waals surface area contributed by atoms with Crippen LogP contribution < -0.4 is 0 Å². The van der Waals surface area contributed by atoms with Gasteiger partial charge in [-0.2, -0.15) is 0 Å². The predicted molar refractivity (Wildman–Crippen MR) is 335 cm³/mol. The molecule has 0 aliphatic rings. The van der Waals surface area contributed by atoms with Gasteiger partial charge in [0.05, 0.1) is 26.4 Å². The molecule has 0 aromatic rings. The van der Waals surface area contributed by atoms with Crippen molar-refractivity contribution in [1.29, 1.82) is 0 Å². The van der Waals surface area contributed by atoms with E-state index in [9.17, 15) is 43.5 Å². The Hall–Kier alpha value is -2.75. The maximum Gasteiger partial charge on any atom is 0.472 e. The molecule has 0 heterocycles. The third kappa shape index (κ3) is 60.7. The summed E-state index contributed by atoms with van der Waals surface area (Å²) in [5, 5.41) is 20.5. The number of esters is 3. The number of phosphoric ester groups is 2. The Morgan fingerprint density at radius 1 is 0.349 bits per heavy atom. The fourth-order valence-corrected chi connectivity index (χ4v) is 10.3. The first-order valence-electron chi connectivity index (χ1n) is 32.6. The van der Waals surface area contributed by atoms with E-state index in [0.717, 1.165) is 135 Å². The molecule has 0 fully saturated rings. The van der Waals surface area contributed by atoms with E-state index in [1.54, 1.807) is 0 Å². The highest BCUT2D eigenvalue weighted by Crippen LogP contribution is 2.45. The van der Waals surface area contributed by atoms with Gasteiger partial charge in [-0.25, -0.2) is 9.13 Å². The van der Waals surface area contributed by atoms with E-state index in [4.69, 9.17) is 32.3 Å². The van der Waals surface area contributed by atoms with Crippen LogP contribution in [0, 0.1) is 0 Å². The number of carbonyl (C=O) groups is 3. The number of phosphoric acid groups is 2. The lowest BCUT2D eigenvalue weighted by molar-refractivity contribution is -0.161. The summed E-state index contributed by atoms with van der Waals surface area (Å²) >= 11 is 0. The molecule has 4 N–H and O–H groups in total. The number of unbranched alkanes of at least 4 members (excludes halogenated alkanes) is 29. The summed E-state index contributed by atoms with van der Waals surface area (Å²) in [4.78, 5) is 58.2. The molecule has 0 aliphatic heterocycles. The Labute approximate surface area is 503 Å². The van der Waals surface area contributed by atoms with Crippen molar-refractivity contribution in [2.75, 3.05) is 39.6 Å². The predicted octanol–water partition coefficient (Wildman–Crippen LogP) is 17.4. The highest BCUT2D eigenvalue weighted by atomic mass is 31.2. The second-order valence-electron chi connectivity index (χ2n) is 21.9. The van der Waals surface area contributed by atoms with Crippen molar-refractivity contribution in [3.8, 4) is 0 Å². The summed E-state index contributed by atoms with van der Waals surface area (Å²) in [5.74, 6) is -1.59. The number of ether oxygens (including phenoxy) is 3. The van der Waals surface area contributed by atoms with Crippen molar-refractivity contribution in [2.45, 2.75) is 296 Å². The van der Waals surface area contributed by atoms with Gasteiger partial charge in [0, 0.05) is 19.3 Å². The molecule has 0 bridgehead atoms. The molecule has 0 spiro atoms. The van der Waals surface area contributed by atoms with Crippen molar-refractivity contribution in [3.63, 3.8) is 0 Å². The van der Waals surface area contributed by atoms with Crippen molar-refractivity contribution in [3.05, 3.63) is 60.8 Å². The van der Waals surface area contributed by atoms with Gasteiger partial charge in [0.25, 0.3) is 0 Å². The van der Waals surface area contributed by atoms with Crippen LogP contribution in [-0.2, 0) is 55.8 Å².